The van der Waals surface area contributed by atoms with Gasteiger partial charge in [-0.1, -0.05) is 38.1 Å². The van der Waals surface area contributed by atoms with Crippen LogP contribution in [0.4, 0.5) is 0 Å². The molecule has 2 aromatic rings. The summed E-state index contributed by atoms with van der Waals surface area (Å²) < 4.78 is 6.82. The van der Waals surface area contributed by atoms with Gasteiger partial charge in [-0.05, 0) is 30.9 Å². The highest BCUT2D eigenvalue weighted by atomic mass is 16.5. The van der Waals surface area contributed by atoms with Crippen LogP contribution < -0.4 is 11.2 Å². The van der Waals surface area contributed by atoms with Gasteiger partial charge in [-0.25, -0.2) is 4.79 Å². The monoisotopic (exact) mass is 352 g/mol. The summed E-state index contributed by atoms with van der Waals surface area (Å²) in [5, 5.41) is 0. The zero-order valence-corrected chi connectivity index (χ0v) is 15.3. The molecule has 0 atom stereocenters. The molecule has 1 aliphatic carbocycles. The van der Waals surface area contributed by atoms with E-state index in [-0.39, 0.29) is 23.2 Å². The minimum atomic E-state index is -0.372. The smallest absolute Gasteiger partial charge is 0.329 e. The summed E-state index contributed by atoms with van der Waals surface area (Å²) in [5.74, 6) is 0.701. The number of fused-ring (bicyclic) bond motifs is 3. The van der Waals surface area contributed by atoms with Gasteiger partial charge in [0.2, 0.25) is 0 Å². The summed E-state index contributed by atoms with van der Waals surface area (Å²) in [6, 6.07) is 8.06. The van der Waals surface area contributed by atoms with Crippen LogP contribution in [0.5, 0.6) is 0 Å². The van der Waals surface area contributed by atoms with Crippen molar-refractivity contribution in [3.8, 4) is 11.3 Å². The number of aromatic nitrogens is 2. The zero-order chi connectivity index (χ0) is 18.3. The third-order valence-electron chi connectivity index (χ3n) is 5.98. The van der Waals surface area contributed by atoms with Gasteiger partial charge in [-0.2, -0.15) is 0 Å². The second kappa shape index (κ2) is 6.31. The Morgan fingerprint density at radius 1 is 1.19 bits per heavy atom. The predicted molar refractivity (Wildman–Crippen MR) is 101 cm³/mol. The third-order valence-corrected chi connectivity index (χ3v) is 5.98. The van der Waals surface area contributed by atoms with Gasteiger partial charge in [-0.15, -0.1) is 0 Å². The quantitative estimate of drug-likeness (QED) is 0.919. The van der Waals surface area contributed by atoms with E-state index in [0.717, 1.165) is 36.8 Å². The van der Waals surface area contributed by atoms with Crippen molar-refractivity contribution in [1.29, 1.82) is 0 Å². The van der Waals surface area contributed by atoms with Crippen LogP contribution in [0.3, 0.4) is 0 Å². The summed E-state index contributed by atoms with van der Waals surface area (Å²) in [4.78, 5) is 29.2. The Kier molecular flexibility index (Phi) is 4.10. The molecule has 0 saturated heterocycles. The SMILES string of the molecule is CCC1(CC)Cc2ccccc2-c2[nH]c(=O)n(CC3=CCCO3)c(=O)c21. The molecule has 1 aromatic carbocycles. The van der Waals surface area contributed by atoms with Crippen molar-refractivity contribution < 1.29 is 4.74 Å². The summed E-state index contributed by atoms with van der Waals surface area (Å²) in [5.41, 5.74) is 2.80. The van der Waals surface area contributed by atoms with Crippen LogP contribution >= 0.6 is 0 Å². The van der Waals surface area contributed by atoms with Crippen molar-refractivity contribution >= 4 is 0 Å². The van der Waals surface area contributed by atoms with E-state index in [0.29, 0.717) is 18.1 Å². The number of nitrogens with zero attached hydrogens (tertiary/aromatic N) is 1. The number of H-pyrrole nitrogens is 1. The number of ether oxygens (including phenoxy) is 1. The lowest BCUT2D eigenvalue weighted by atomic mass is 9.66. The van der Waals surface area contributed by atoms with Crippen LogP contribution in [-0.2, 0) is 23.1 Å². The second-order valence-electron chi connectivity index (χ2n) is 7.20. The van der Waals surface area contributed by atoms with Gasteiger partial charge >= 0.3 is 5.69 Å². The maximum Gasteiger partial charge on any atom is 0.329 e. The molecule has 0 spiro atoms. The number of hydrogen-bond donors (Lipinski definition) is 1. The molecule has 0 fully saturated rings. The molecule has 0 unspecified atom stereocenters. The Bertz CT molecular complexity index is 993. The number of rotatable bonds is 4. The number of nitrogens with one attached hydrogen (secondary N) is 1. The Labute approximate surface area is 152 Å². The minimum absolute atomic E-state index is 0.182. The van der Waals surface area contributed by atoms with Gasteiger partial charge in [-0.3, -0.25) is 9.36 Å². The van der Waals surface area contributed by atoms with Gasteiger partial charge < -0.3 is 9.72 Å². The van der Waals surface area contributed by atoms with Crippen LogP contribution in [0.15, 0.2) is 45.7 Å². The van der Waals surface area contributed by atoms with Crippen molar-refractivity contribution in [2.75, 3.05) is 6.61 Å². The number of hydrogen-bond acceptors (Lipinski definition) is 3. The molecule has 5 heteroatoms. The standard InChI is InChI=1S/C21H24N2O3/c1-3-21(4-2)12-14-8-5-6-10-16(14)18-17(21)19(24)23(20(25)22-18)13-15-9-7-11-26-15/h5-6,8-10H,3-4,7,11-13H2,1-2H3,(H,22,25). The lowest BCUT2D eigenvalue weighted by Gasteiger charge is -2.38. The molecule has 26 heavy (non-hydrogen) atoms. The topological polar surface area (TPSA) is 64.1 Å². The average Bonchev–Trinajstić information content (AvgIpc) is 3.17. The zero-order valence-electron chi connectivity index (χ0n) is 15.3. The van der Waals surface area contributed by atoms with Crippen molar-refractivity contribution in [1.82, 2.24) is 9.55 Å². The first kappa shape index (κ1) is 16.9. The molecule has 136 valence electrons. The van der Waals surface area contributed by atoms with Crippen molar-refractivity contribution in [3.05, 3.63) is 68.1 Å². The Balaban J connectivity index is 1.98. The molecular formula is C21H24N2O3. The first-order valence-electron chi connectivity index (χ1n) is 9.37. The van der Waals surface area contributed by atoms with E-state index in [1.54, 1.807) is 0 Å². The van der Waals surface area contributed by atoms with Crippen LogP contribution in [0.25, 0.3) is 11.3 Å². The fourth-order valence-corrected chi connectivity index (χ4v) is 4.37. The first-order chi connectivity index (χ1) is 12.6. The lowest BCUT2D eigenvalue weighted by molar-refractivity contribution is 0.227. The normalized spacial score (nSPS) is 17.2. The first-order valence-corrected chi connectivity index (χ1v) is 9.37. The fraction of sp³-hybridized carbons (Fsp3) is 0.429. The van der Waals surface area contributed by atoms with Crippen LogP contribution in [0.1, 0.15) is 44.2 Å². The van der Waals surface area contributed by atoms with E-state index >= 15 is 0 Å². The molecule has 4 rings (SSSR count). The Hall–Kier alpha value is -2.56. The molecule has 0 bridgehead atoms. The van der Waals surface area contributed by atoms with Gasteiger partial charge in [0.25, 0.3) is 5.56 Å². The summed E-state index contributed by atoms with van der Waals surface area (Å²) in [6.45, 7) is 5.07. The summed E-state index contributed by atoms with van der Waals surface area (Å²) in [6.07, 6.45) is 5.31. The predicted octanol–water partition coefficient (Wildman–Crippen LogP) is 3.12. The highest BCUT2D eigenvalue weighted by Gasteiger charge is 2.39. The number of benzene rings is 1. The highest BCUT2D eigenvalue weighted by molar-refractivity contribution is 5.71. The van der Waals surface area contributed by atoms with E-state index in [1.165, 1.54) is 10.1 Å². The summed E-state index contributed by atoms with van der Waals surface area (Å²) in [7, 11) is 0. The maximum absolute atomic E-state index is 13.4. The van der Waals surface area contributed by atoms with E-state index in [1.807, 2.05) is 24.3 Å². The molecule has 0 saturated carbocycles. The van der Waals surface area contributed by atoms with Crippen molar-refractivity contribution in [2.45, 2.75) is 51.5 Å². The third kappa shape index (κ3) is 2.45. The molecule has 1 aliphatic heterocycles. The molecule has 2 aliphatic rings. The number of allylic oxidation sites excluding steroid dienone is 1. The fourth-order valence-electron chi connectivity index (χ4n) is 4.37. The second-order valence-corrected chi connectivity index (χ2v) is 7.20. The largest absolute Gasteiger partial charge is 0.496 e. The van der Waals surface area contributed by atoms with Crippen molar-refractivity contribution in [3.63, 3.8) is 0 Å². The van der Waals surface area contributed by atoms with Crippen LogP contribution in [0, 0.1) is 0 Å². The molecule has 0 amide bonds. The van der Waals surface area contributed by atoms with Gasteiger partial charge in [0.05, 0.1) is 18.8 Å². The van der Waals surface area contributed by atoms with E-state index in [4.69, 9.17) is 4.74 Å². The highest BCUT2D eigenvalue weighted by Crippen LogP contribution is 2.44. The molecule has 5 nitrogen and oxygen atoms in total. The maximum atomic E-state index is 13.4. The Morgan fingerprint density at radius 3 is 2.65 bits per heavy atom. The van der Waals surface area contributed by atoms with E-state index in [9.17, 15) is 9.59 Å². The van der Waals surface area contributed by atoms with Crippen LogP contribution in [-0.4, -0.2) is 16.2 Å². The Morgan fingerprint density at radius 2 is 1.96 bits per heavy atom. The molecule has 1 aromatic heterocycles. The average molecular weight is 352 g/mol. The molecular weight excluding hydrogens is 328 g/mol. The molecule has 1 N–H and O–H groups in total. The van der Waals surface area contributed by atoms with E-state index in [2.05, 4.69) is 24.9 Å². The minimum Gasteiger partial charge on any atom is -0.496 e. The molecule has 0 radical (unpaired) electrons. The lowest BCUT2D eigenvalue weighted by Crippen LogP contribution is -2.46. The van der Waals surface area contributed by atoms with E-state index < -0.39 is 0 Å². The van der Waals surface area contributed by atoms with Crippen LogP contribution in [0.2, 0.25) is 0 Å². The van der Waals surface area contributed by atoms with Crippen molar-refractivity contribution in [2.24, 2.45) is 0 Å². The van der Waals surface area contributed by atoms with Gasteiger partial charge in [0, 0.05) is 23.0 Å². The number of aromatic amines is 1. The summed E-state index contributed by atoms with van der Waals surface area (Å²) >= 11 is 0. The van der Waals surface area contributed by atoms with Gasteiger partial charge in [0.1, 0.15) is 5.76 Å². The van der Waals surface area contributed by atoms with Gasteiger partial charge in [0.15, 0.2) is 0 Å². The molecule has 2 heterocycles.